The van der Waals surface area contributed by atoms with Crippen molar-refractivity contribution >= 4 is 28.5 Å². The van der Waals surface area contributed by atoms with Crippen molar-refractivity contribution in [1.29, 1.82) is 0 Å². The maximum atomic E-state index is 12.3. The van der Waals surface area contributed by atoms with Crippen LogP contribution in [-0.4, -0.2) is 5.97 Å². The van der Waals surface area contributed by atoms with E-state index in [0.717, 1.165) is 36.6 Å². The molecule has 0 saturated heterocycles. The number of halogens is 1. The van der Waals surface area contributed by atoms with Crippen LogP contribution in [0.1, 0.15) is 43.2 Å². The van der Waals surface area contributed by atoms with Crippen LogP contribution in [0.15, 0.2) is 21.3 Å². The maximum absolute atomic E-state index is 12.3. The van der Waals surface area contributed by atoms with E-state index < -0.39 is 0 Å². The van der Waals surface area contributed by atoms with Crippen molar-refractivity contribution < 1.29 is 13.9 Å². The van der Waals surface area contributed by atoms with Crippen molar-refractivity contribution in [3.63, 3.8) is 0 Å². The van der Waals surface area contributed by atoms with Gasteiger partial charge in [0.2, 0.25) is 0 Å². The molecule has 1 aromatic carbocycles. The first-order valence-corrected chi connectivity index (χ1v) is 8.30. The molecule has 1 heterocycles. The summed E-state index contributed by atoms with van der Waals surface area (Å²) in [6.45, 7) is 3.56. The van der Waals surface area contributed by atoms with Gasteiger partial charge in [0.25, 0.3) is 0 Å². The van der Waals surface area contributed by atoms with Gasteiger partial charge < -0.3 is 9.15 Å². The molecule has 1 aliphatic carbocycles. The highest BCUT2D eigenvalue weighted by molar-refractivity contribution is 6.33. The zero-order valence-corrected chi connectivity index (χ0v) is 14.0. The molecule has 1 fully saturated rings. The van der Waals surface area contributed by atoms with E-state index in [4.69, 9.17) is 20.8 Å². The van der Waals surface area contributed by atoms with Gasteiger partial charge in [0.15, 0.2) is 5.75 Å². The van der Waals surface area contributed by atoms with Crippen LogP contribution < -0.4 is 10.4 Å². The lowest BCUT2D eigenvalue weighted by molar-refractivity contribution is -0.139. The standard InChI is InChI=1S/C18H19ClO4/c1-10-11(2)17(20)22-15-9-16(14(19)8-13(10)15)23-18(21)12-6-4-3-5-7-12/h8-9,12H,3-7H2,1-2H3. The Balaban J connectivity index is 1.95. The first-order valence-electron chi connectivity index (χ1n) is 7.92. The zero-order chi connectivity index (χ0) is 16.6. The lowest BCUT2D eigenvalue weighted by Crippen LogP contribution is -2.22. The maximum Gasteiger partial charge on any atom is 0.339 e. The Bertz CT molecular complexity index is 816. The third-order valence-electron chi connectivity index (χ3n) is 4.66. The Morgan fingerprint density at radius 2 is 1.87 bits per heavy atom. The molecule has 23 heavy (non-hydrogen) atoms. The predicted molar refractivity (Wildman–Crippen MR) is 89.2 cm³/mol. The minimum absolute atomic E-state index is 0.0673. The lowest BCUT2D eigenvalue weighted by atomic mass is 9.89. The van der Waals surface area contributed by atoms with E-state index in [0.29, 0.717) is 16.2 Å². The summed E-state index contributed by atoms with van der Waals surface area (Å²) in [6, 6.07) is 3.22. The molecule has 1 aliphatic rings. The Morgan fingerprint density at radius 1 is 1.17 bits per heavy atom. The van der Waals surface area contributed by atoms with Gasteiger partial charge in [0, 0.05) is 17.0 Å². The van der Waals surface area contributed by atoms with Crippen molar-refractivity contribution in [1.82, 2.24) is 0 Å². The van der Waals surface area contributed by atoms with E-state index in [1.807, 2.05) is 6.92 Å². The number of carbonyl (C=O) groups is 1. The summed E-state index contributed by atoms with van der Waals surface area (Å²) in [7, 11) is 0. The minimum Gasteiger partial charge on any atom is -0.425 e. The zero-order valence-electron chi connectivity index (χ0n) is 13.3. The van der Waals surface area contributed by atoms with Crippen molar-refractivity contribution in [3.05, 3.63) is 38.7 Å². The van der Waals surface area contributed by atoms with Gasteiger partial charge in [0.05, 0.1) is 10.9 Å². The van der Waals surface area contributed by atoms with Gasteiger partial charge >= 0.3 is 11.6 Å². The molecule has 0 amide bonds. The number of aryl methyl sites for hydroxylation is 1. The monoisotopic (exact) mass is 334 g/mol. The molecule has 4 nitrogen and oxygen atoms in total. The number of carbonyl (C=O) groups excluding carboxylic acids is 1. The highest BCUT2D eigenvalue weighted by Gasteiger charge is 2.24. The SMILES string of the molecule is Cc1c(C)c2cc(Cl)c(OC(=O)C3CCCCC3)cc2oc1=O. The number of esters is 1. The molecule has 1 aromatic heterocycles. The van der Waals surface area contributed by atoms with Gasteiger partial charge in [-0.25, -0.2) is 4.79 Å². The molecular weight excluding hydrogens is 316 g/mol. The first-order chi connectivity index (χ1) is 11.0. The molecule has 0 spiro atoms. The van der Waals surface area contributed by atoms with Crippen LogP contribution in [-0.2, 0) is 4.79 Å². The van der Waals surface area contributed by atoms with Crippen molar-refractivity contribution in [2.24, 2.45) is 5.92 Å². The molecule has 122 valence electrons. The van der Waals surface area contributed by atoms with E-state index in [-0.39, 0.29) is 23.3 Å². The van der Waals surface area contributed by atoms with Crippen molar-refractivity contribution in [3.8, 4) is 5.75 Å². The quantitative estimate of drug-likeness (QED) is 0.459. The minimum atomic E-state index is -0.387. The Labute approximate surface area is 139 Å². The molecule has 0 radical (unpaired) electrons. The summed E-state index contributed by atoms with van der Waals surface area (Å²) in [5.74, 6) is -0.0689. The highest BCUT2D eigenvalue weighted by Crippen LogP contribution is 2.33. The van der Waals surface area contributed by atoms with E-state index in [1.165, 1.54) is 12.5 Å². The average molecular weight is 335 g/mol. The lowest BCUT2D eigenvalue weighted by Gasteiger charge is -2.20. The molecule has 0 atom stereocenters. The van der Waals surface area contributed by atoms with E-state index >= 15 is 0 Å². The van der Waals surface area contributed by atoms with Crippen LogP contribution in [0.5, 0.6) is 5.75 Å². The highest BCUT2D eigenvalue weighted by atomic mass is 35.5. The Kier molecular flexibility index (Phi) is 4.44. The fraction of sp³-hybridized carbons (Fsp3) is 0.444. The molecule has 0 bridgehead atoms. The normalized spacial score (nSPS) is 15.8. The number of ether oxygens (including phenoxy) is 1. The summed E-state index contributed by atoms with van der Waals surface area (Å²) >= 11 is 6.25. The molecule has 5 heteroatoms. The second-order valence-corrected chi connectivity index (χ2v) is 6.58. The molecule has 0 unspecified atom stereocenters. The summed E-state index contributed by atoms with van der Waals surface area (Å²) in [6.07, 6.45) is 5.00. The average Bonchev–Trinajstić information content (AvgIpc) is 2.55. The second kappa shape index (κ2) is 6.36. The summed E-state index contributed by atoms with van der Waals surface area (Å²) < 4.78 is 10.8. The van der Waals surface area contributed by atoms with Crippen LogP contribution in [0.3, 0.4) is 0 Å². The largest absolute Gasteiger partial charge is 0.425 e. The first kappa shape index (κ1) is 16.1. The fourth-order valence-corrected chi connectivity index (χ4v) is 3.25. The van der Waals surface area contributed by atoms with Crippen molar-refractivity contribution in [2.75, 3.05) is 0 Å². The number of rotatable bonds is 2. The topological polar surface area (TPSA) is 56.5 Å². The summed E-state index contributed by atoms with van der Waals surface area (Å²) in [5, 5.41) is 1.10. The molecule has 0 aliphatic heterocycles. The molecular formula is C18H19ClO4. The fourth-order valence-electron chi connectivity index (χ4n) is 3.05. The van der Waals surface area contributed by atoms with Crippen LogP contribution in [0.4, 0.5) is 0 Å². The van der Waals surface area contributed by atoms with Gasteiger partial charge in [-0.1, -0.05) is 30.9 Å². The Morgan fingerprint density at radius 3 is 2.57 bits per heavy atom. The van der Waals surface area contributed by atoms with Gasteiger partial charge in [-0.05, 0) is 38.3 Å². The van der Waals surface area contributed by atoms with E-state index in [2.05, 4.69) is 0 Å². The summed E-state index contributed by atoms with van der Waals surface area (Å²) in [5.41, 5.74) is 1.37. The van der Waals surface area contributed by atoms with Crippen LogP contribution in [0.25, 0.3) is 11.0 Å². The van der Waals surface area contributed by atoms with Gasteiger partial charge in [-0.2, -0.15) is 0 Å². The van der Waals surface area contributed by atoms with E-state index in [9.17, 15) is 9.59 Å². The molecule has 3 rings (SSSR count). The number of fused-ring (bicyclic) bond motifs is 1. The van der Waals surface area contributed by atoms with Gasteiger partial charge in [0.1, 0.15) is 5.58 Å². The number of hydrogen-bond acceptors (Lipinski definition) is 4. The Hall–Kier alpha value is -1.81. The van der Waals surface area contributed by atoms with Crippen molar-refractivity contribution in [2.45, 2.75) is 46.0 Å². The molecule has 0 N–H and O–H groups in total. The van der Waals surface area contributed by atoms with Crippen LogP contribution >= 0.6 is 11.6 Å². The predicted octanol–water partition coefficient (Wildman–Crippen LogP) is 4.55. The third-order valence-corrected chi connectivity index (χ3v) is 4.95. The number of benzene rings is 1. The molecule has 2 aromatic rings. The second-order valence-electron chi connectivity index (χ2n) is 6.17. The smallest absolute Gasteiger partial charge is 0.339 e. The van der Waals surface area contributed by atoms with E-state index in [1.54, 1.807) is 13.0 Å². The van der Waals surface area contributed by atoms with Gasteiger partial charge in [-0.3, -0.25) is 4.79 Å². The van der Waals surface area contributed by atoms with Gasteiger partial charge in [-0.15, -0.1) is 0 Å². The summed E-state index contributed by atoms with van der Waals surface area (Å²) in [4.78, 5) is 24.1. The number of hydrogen-bond donors (Lipinski definition) is 0. The van der Waals surface area contributed by atoms with Crippen LogP contribution in [0.2, 0.25) is 5.02 Å². The van der Waals surface area contributed by atoms with Crippen LogP contribution in [0, 0.1) is 19.8 Å². The molecule has 1 saturated carbocycles. The third kappa shape index (κ3) is 3.13.